The topological polar surface area (TPSA) is 73.8 Å². The average Bonchev–Trinajstić information content (AvgIpc) is 2.90. The zero-order chi connectivity index (χ0) is 14.8. The zero-order valence-electron chi connectivity index (χ0n) is 11.5. The van der Waals surface area contributed by atoms with E-state index in [0.29, 0.717) is 5.52 Å². The molecule has 21 heavy (non-hydrogen) atoms. The van der Waals surface area contributed by atoms with Gasteiger partial charge in [0.05, 0.1) is 5.52 Å². The fourth-order valence-electron chi connectivity index (χ4n) is 2.10. The number of nitrogens with two attached hydrogens (primary N) is 1. The Labute approximate surface area is 121 Å². The maximum absolute atomic E-state index is 11.8. The van der Waals surface area contributed by atoms with Crippen molar-refractivity contribution in [1.82, 2.24) is 15.0 Å². The number of hydrogen-bond donors (Lipinski definition) is 1. The summed E-state index contributed by atoms with van der Waals surface area (Å²) in [5.74, 6) is -0.550. The first-order valence-electron chi connectivity index (χ1n) is 6.54. The molecule has 0 atom stereocenters. The van der Waals surface area contributed by atoms with Gasteiger partial charge in [0.2, 0.25) is 0 Å². The van der Waals surface area contributed by atoms with E-state index in [1.54, 1.807) is 6.08 Å². The van der Waals surface area contributed by atoms with Crippen molar-refractivity contribution in [1.29, 1.82) is 0 Å². The van der Waals surface area contributed by atoms with Crippen molar-refractivity contribution in [3.05, 3.63) is 59.7 Å². The molecule has 1 heterocycles. The van der Waals surface area contributed by atoms with Crippen LogP contribution < -0.4 is 5.73 Å². The van der Waals surface area contributed by atoms with Gasteiger partial charge in [-0.15, -0.1) is 5.10 Å². The number of amides is 1. The van der Waals surface area contributed by atoms with Crippen LogP contribution in [0.1, 0.15) is 11.1 Å². The first-order valence-corrected chi connectivity index (χ1v) is 6.54. The molecular formula is C16H14N4O. The van der Waals surface area contributed by atoms with Crippen LogP contribution >= 0.6 is 0 Å². The Bertz CT molecular complexity index is 831. The molecule has 2 aromatic carbocycles. The van der Waals surface area contributed by atoms with Gasteiger partial charge in [-0.25, -0.2) is 4.68 Å². The fraction of sp³-hybridized carbons (Fsp3) is 0.0625. The van der Waals surface area contributed by atoms with E-state index in [-0.39, 0.29) is 5.70 Å². The molecule has 0 radical (unpaired) electrons. The van der Waals surface area contributed by atoms with Gasteiger partial charge >= 0.3 is 0 Å². The molecule has 0 aliphatic carbocycles. The molecule has 1 amide bonds. The number of aryl methyl sites for hydroxylation is 1. The van der Waals surface area contributed by atoms with E-state index in [0.717, 1.165) is 16.6 Å². The number of primary amides is 1. The van der Waals surface area contributed by atoms with Crippen LogP contribution in [-0.2, 0) is 4.79 Å². The highest BCUT2D eigenvalue weighted by Crippen LogP contribution is 2.17. The monoisotopic (exact) mass is 278 g/mol. The predicted molar refractivity (Wildman–Crippen MR) is 82.1 cm³/mol. The van der Waals surface area contributed by atoms with Crippen LogP contribution in [0.4, 0.5) is 0 Å². The Morgan fingerprint density at radius 3 is 2.57 bits per heavy atom. The number of aromatic nitrogens is 3. The summed E-state index contributed by atoms with van der Waals surface area (Å²) >= 11 is 0. The Morgan fingerprint density at radius 2 is 1.86 bits per heavy atom. The van der Waals surface area contributed by atoms with Crippen LogP contribution in [0, 0.1) is 6.92 Å². The van der Waals surface area contributed by atoms with E-state index >= 15 is 0 Å². The molecule has 3 rings (SSSR count). The molecule has 0 spiro atoms. The molecule has 0 aliphatic rings. The number of carbonyl (C=O) groups is 1. The van der Waals surface area contributed by atoms with Gasteiger partial charge in [0, 0.05) is 0 Å². The quantitative estimate of drug-likeness (QED) is 0.746. The normalized spacial score (nSPS) is 11.8. The molecule has 1 aromatic heterocycles. The first-order chi connectivity index (χ1) is 10.1. The molecule has 0 aliphatic heterocycles. The Balaban J connectivity index is 2.14. The SMILES string of the molecule is Cc1ccc(/C=C(/C(N)=O)n2nnc3ccccc32)cc1. The molecule has 104 valence electrons. The highest BCUT2D eigenvalue weighted by atomic mass is 16.1. The Hall–Kier alpha value is -2.95. The number of para-hydroxylation sites is 1. The fourth-order valence-corrected chi connectivity index (χ4v) is 2.10. The standard InChI is InChI=1S/C16H14N4O/c1-11-6-8-12(9-7-11)10-15(16(17)21)20-14-5-3-2-4-13(14)18-19-20/h2-10H,1H3,(H2,17,21)/b15-10-. The van der Waals surface area contributed by atoms with E-state index in [1.165, 1.54) is 4.68 Å². The summed E-state index contributed by atoms with van der Waals surface area (Å²) in [5.41, 5.74) is 9.28. The lowest BCUT2D eigenvalue weighted by molar-refractivity contribution is -0.113. The largest absolute Gasteiger partial charge is 0.364 e. The van der Waals surface area contributed by atoms with Gasteiger partial charge in [-0.2, -0.15) is 0 Å². The van der Waals surface area contributed by atoms with Crippen molar-refractivity contribution in [2.75, 3.05) is 0 Å². The lowest BCUT2D eigenvalue weighted by Gasteiger charge is -2.04. The number of carbonyl (C=O) groups excluding carboxylic acids is 1. The summed E-state index contributed by atoms with van der Waals surface area (Å²) < 4.78 is 1.47. The molecule has 5 heteroatoms. The van der Waals surface area contributed by atoms with Crippen LogP contribution in [-0.4, -0.2) is 20.9 Å². The summed E-state index contributed by atoms with van der Waals surface area (Å²) in [6.07, 6.45) is 1.71. The van der Waals surface area contributed by atoms with Gasteiger partial charge in [0.1, 0.15) is 11.2 Å². The van der Waals surface area contributed by atoms with E-state index in [2.05, 4.69) is 10.3 Å². The minimum absolute atomic E-state index is 0.285. The lowest BCUT2D eigenvalue weighted by Crippen LogP contribution is -2.18. The second-order valence-corrected chi connectivity index (χ2v) is 4.79. The molecule has 5 nitrogen and oxygen atoms in total. The Kier molecular flexibility index (Phi) is 3.23. The van der Waals surface area contributed by atoms with E-state index in [1.807, 2.05) is 55.5 Å². The average molecular weight is 278 g/mol. The maximum Gasteiger partial charge on any atom is 0.267 e. The van der Waals surface area contributed by atoms with E-state index in [9.17, 15) is 4.79 Å². The van der Waals surface area contributed by atoms with Crippen molar-refractivity contribution in [2.24, 2.45) is 5.73 Å². The Morgan fingerprint density at radius 1 is 1.14 bits per heavy atom. The van der Waals surface area contributed by atoms with Gasteiger partial charge in [0.15, 0.2) is 0 Å². The van der Waals surface area contributed by atoms with Crippen LogP contribution in [0.5, 0.6) is 0 Å². The van der Waals surface area contributed by atoms with Crippen LogP contribution in [0.15, 0.2) is 48.5 Å². The van der Waals surface area contributed by atoms with Crippen molar-refractivity contribution in [3.8, 4) is 0 Å². The molecule has 2 N–H and O–H groups in total. The molecule has 0 fully saturated rings. The summed E-state index contributed by atoms with van der Waals surface area (Å²) in [5, 5.41) is 8.07. The van der Waals surface area contributed by atoms with Gasteiger partial charge in [-0.1, -0.05) is 47.2 Å². The molecular weight excluding hydrogens is 264 g/mol. The lowest BCUT2D eigenvalue weighted by atomic mass is 10.1. The molecule has 0 saturated carbocycles. The van der Waals surface area contributed by atoms with E-state index < -0.39 is 5.91 Å². The highest BCUT2D eigenvalue weighted by molar-refractivity contribution is 6.18. The molecule has 0 saturated heterocycles. The summed E-state index contributed by atoms with van der Waals surface area (Å²) in [7, 11) is 0. The molecule has 0 unspecified atom stereocenters. The predicted octanol–water partition coefficient (Wildman–Crippen LogP) is 2.22. The second kappa shape index (κ2) is 5.20. The van der Waals surface area contributed by atoms with Crippen molar-refractivity contribution < 1.29 is 4.79 Å². The van der Waals surface area contributed by atoms with Gasteiger partial charge in [0.25, 0.3) is 5.91 Å². The summed E-state index contributed by atoms with van der Waals surface area (Å²) in [4.78, 5) is 11.8. The number of rotatable bonds is 3. The van der Waals surface area contributed by atoms with Crippen LogP contribution in [0.3, 0.4) is 0 Å². The number of nitrogens with zero attached hydrogens (tertiary/aromatic N) is 3. The summed E-state index contributed by atoms with van der Waals surface area (Å²) in [6.45, 7) is 2.01. The smallest absolute Gasteiger partial charge is 0.267 e. The minimum Gasteiger partial charge on any atom is -0.364 e. The van der Waals surface area contributed by atoms with Crippen LogP contribution in [0.25, 0.3) is 22.8 Å². The highest BCUT2D eigenvalue weighted by Gasteiger charge is 2.13. The summed E-state index contributed by atoms with van der Waals surface area (Å²) in [6, 6.07) is 15.2. The van der Waals surface area contributed by atoms with Crippen molar-refractivity contribution in [3.63, 3.8) is 0 Å². The second-order valence-electron chi connectivity index (χ2n) is 4.79. The number of benzene rings is 2. The third kappa shape index (κ3) is 2.53. The molecule has 3 aromatic rings. The van der Waals surface area contributed by atoms with Crippen molar-refractivity contribution in [2.45, 2.75) is 6.92 Å². The van der Waals surface area contributed by atoms with Crippen LogP contribution in [0.2, 0.25) is 0 Å². The van der Waals surface area contributed by atoms with Gasteiger partial charge in [-0.05, 0) is 30.7 Å². The number of fused-ring (bicyclic) bond motifs is 1. The zero-order valence-corrected chi connectivity index (χ0v) is 11.5. The molecule has 0 bridgehead atoms. The third-order valence-electron chi connectivity index (χ3n) is 3.21. The minimum atomic E-state index is -0.550. The number of hydrogen-bond acceptors (Lipinski definition) is 3. The van der Waals surface area contributed by atoms with Gasteiger partial charge in [-0.3, -0.25) is 4.79 Å². The van der Waals surface area contributed by atoms with E-state index in [4.69, 9.17) is 5.73 Å². The third-order valence-corrected chi connectivity index (χ3v) is 3.21. The first kappa shape index (κ1) is 13.1. The van der Waals surface area contributed by atoms with Gasteiger partial charge < -0.3 is 5.73 Å². The maximum atomic E-state index is 11.8. The van der Waals surface area contributed by atoms with Crippen molar-refractivity contribution >= 4 is 28.7 Å².